The number of amidine groups is 1. The van der Waals surface area contributed by atoms with Crippen LogP contribution in [0, 0.1) is 5.92 Å². The number of rotatable bonds is 3. The third-order valence-electron chi connectivity index (χ3n) is 3.09. The number of allylic oxidation sites excluding steroid dienone is 1. The number of dihydropyridines is 1. The lowest BCUT2D eigenvalue weighted by molar-refractivity contribution is -0.133. The van der Waals surface area contributed by atoms with Gasteiger partial charge in [-0.1, -0.05) is 6.08 Å². The van der Waals surface area contributed by atoms with Gasteiger partial charge in [-0.25, -0.2) is 9.98 Å². The number of hydrogen-bond donors (Lipinski definition) is 1. The molecule has 0 saturated heterocycles. The summed E-state index contributed by atoms with van der Waals surface area (Å²) in [5.41, 5.74) is 0. The van der Waals surface area contributed by atoms with Gasteiger partial charge in [0.05, 0.1) is 0 Å². The van der Waals surface area contributed by atoms with Crippen LogP contribution < -0.4 is 5.32 Å². The van der Waals surface area contributed by atoms with E-state index < -0.39 is 5.92 Å². The van der Waals surface area contributed by atoms with Crippen LogP contribution in [0.25, 0.3) is 0 Å². The van der Waals surface area contributed by atoms with E-state index in [-0.39, 0.29) is 29.5 Å². The molecule has 1 atom stereocenters. The summed E-state index contributed by atoms with van der Waals surface area (Å²) in [6.45, 7) is -0.0704. The van der Waals surface area contributed by atoms with Gasteiger partial charge in [-0.05, 0) is 31.1 Å². The molecule has 3 aliphatic rings. The van der Waals surface area contributed by atoms with Crippen molar-refractivity contribution in [1.82, 2.24) is 10.2 Å². The number of fused-ring (bicyclic) bond motifs is 1. The molecule has 6 nitrogen and oxygen atoms in total. The summed E-state index contributed by atoms with van der Waals surface area (Å²) in [6, 6.07) is 0.263. The molecular weight excluding hydrogens is 264 g/mol. The smallest absolute Gasteiger partial charge is 0.243 e. The Bertz CT molecular complexity index is 548. The molecule has 0 bridgehead atoms. The Hall–Kier alpha value is -1.89. The maximum atomic E-state index is 12.3. The maximum Gasteiger partial charge on any atom is 0.243 e. The number of nitrogens with zero attached hydrogens (tertiary/aromatic N) is 3. The van der Waals surface area contributed by atoms with Crippen molar-refractivity contribution in [1.29, 1.82) is 0 Å². The van der Waals surface area contributed by atoms with Crippen LogP contribution in [0.1, 0.15) is 12.8 Å². The van der Waals surface area contributed by atoms with E-state index in [1.165, 1.54) is 4.90 Å². The van der Waals surface area contributed by atoms with Crippen LogP contribution in [0.15, 0.2) is 22.1 Å². The van der Waals surface area contributed by atoms with E-state index in [0.29, 0.717) is 5.84 Å². The first-order valence-corrected chi connectivity index (χ1v) is 6.50. The zero-order chi connectivity index (χ0) is 13.4. The molecule has 0 spiro atoms. The second kappa shape index (κ2) is 4.65. The van der Waals surface area contributed by atoms with Gasteiger partial charge in [-0.2, -0.15) is 0 Å². The Kier molecular flexibility index (Phi) is 2.98. The molecule has 1 N–H and O–H groups in total. The first-order chi connectivity index (χ1) is 9.15. The molecule has 0 aromatic rings. The number of nitrogens with one attached hydrogen (secondary N) is 1. The average molecular weight is 276 g/mol. The summed E-state index contributed by atoms with van der Waals surface area (Å²) < 4.78 is 0. The van der Waals surface area contributed by atoms with Crippen LogP contribution in [0.4, 0.5) is 0 Å². The van der Waals surface area contributed by atoms with E-state index in [1.54, 1.807) is 18.4 Å². The van der Waals surface area contributed by atoms with Crippen molar-refractivity contribution in [3.8, 4) is 0 Å². The average Bonchev–Trinajstić information content (AvgIpc) is 3.18. The van der Waals surface area contributed by atoms with Crippen molar-refractivity contribution in [3.05, 3.63) is 12.2 Å². The molecule has 98 valence electrons. The molecule has 0 radical (unpaired) electrons. The van der Waals surface area contributed by atoms with Gasteiger partial charge in [-0.15, -0.1) is 0 Å². The summed E-state index contributed by atoms with van der Waals surface area (Å²) in [6.07, 6.45) is 6.99. The normalized spacial score (nSPS) is 25.2. The molecule has 2 aliphatic heterocycles. The zero-order valence-electron chi connectivity index (χ0n) is 10.1. The Morgan fingerprint density at radius 3 is 3.05 bits per heavy atom. The highest BCUT2D eigenvalue weighted by Crippen LogP contribution is 2.20. The van der Waals surface area contributed by atoms with Crippen LogP contribution >= 0.6 is 12.2 Å². The van der Waals surface area contributed by atoms with E-state index in [1.807, 2.05) is 0 Å². The van der Waals surface area contributed by atoms with Crippen molar-refractivity contribution >= 4 is 41.2 Å². The third-order valence-corrected chi connectivity index (χ3v) is 3.40. The fourth-order valence-electron chi connectivity index (χ4n) is 1.95. The van der Waals surface area contributed by atoms with Crippen LogP contribution in [-0.4, -0.2) is 46.5 Å². The Balaban J connectivity index is 1.74. The predicted molar refractivity (Wildman–Crippen MR) is 74.0 cm³/mol. The largest absolute Gasteiger partial charge is 0.352 e. The van der Waals surface area contributed by atoms with Gasteiger partial charge < -0.3 is 5.32 Å². The number of aliphatic imine (C=N–C) groups is 2. The van der Waals surface area contributed by atoms with Crippen LogP contribution in [0.5, 0.6) is 0 Å². The summed E-state index contributed by atoms with van der Waals surface area (Å²) >= 11 is 5.06. The topological polar surface area (TPSA) is 74.1 Å². The third kappa shape index (κ3) is 2.46. The summed E-state index contributed by atoms with van der Waals surface area (Å²) in [5.74, 6) is -0.559. The van der Waals surface area contributed by atoms with E-state index in [4.69, 9.17) is 12.2 Å². The maximum absolute atomic E-state index is 12.3. The lowest BCUT2D eigenvalue weighted by Gasteiger charge is -2.29. The number of carbonyl (C=O) groups excluding carboxylic acids is 2. The van der Waals surface area contributed by atoms with Gasteiger partial charge in [0.1, 0.15) is 18.3 Å². The monoisotopic (exact) mass is 276 g/mol. The van der Waals surface area contributed by atoms with Gasteiger partial charge in [0, 0.05) is 12.3 Å². The quantitative estimate of drug-likeness (QED) is 0.740. The van der Waals surface area contributed by atoms with E-state index in [0.717, 1.165) is 12.8 Å². The molecule has 7 heteroatoms. The number of carbonyl (C=O) groups is 2. The van der Waals surface area contributed by atoms with E-state index in [9.17, 15) is 9.59 Å². The minimum absolute atomic E-state index is 0.0704. The molecular formula is C12H12N4O2S. The molecule has 1 saturated carbocycles. The predicted octanol–water partition coefficient (Wildman–Crippen LogP) is 0.0474. The molecule has 3 rings (SSSR count). The highest BCUT2D eigenvalue weighted by molar-refractivity contribution is 7.80. The van der Waals surface area contributed by atoms with Crippen molar-refractivity contribution in [2.75, 3.05) is 6.54 Å². The highest BCUT2D eigenvalue weighted by atomic mass is 32.1. The number of thiocarbonyl (C=S) groups is 1. The van der Waals surface area contributed by atoms with Gasteiger partial charge in [0.25, 0.3) is 0 Å². The fourth-order valence-corrected chi connectivity index (χ4v) is 2.20. The molecule has 2 amide bonds. The van der Waals surface area contributed by atoms with Crippen molar-refractivity contribution in [3.63, 3.8) is 0 Å². The SMILES string of the molecule is O=C(CN1C(=O)C2C=CC=NC2=NC1=S)NC1CC1. The van der Waals surface area contributed by atoms with Gasteiger partial charge in [0.15, 0.2) is 0 Å². The lowest BCUT2D eigenvalue weighted by Crippen LogP contribution is -2.50. The first-order valence-electron chi connectivity index (χ1n) is 6.09. The molecule has 1 aliphatic carbocycles. The number of hydrogen-bond acceptors (Lipinski definition) is 4. The van der Waals surface area contributed by atoms with Crippen molar-refractivity contribution in [2.24, 2.45) is 15.9 Å². The van der Waals surface area contributed by atoms with Gasteiger partial charge >= 0.3 is 0 Å². The molecule has 2 heterocycles. The molecule has 19 heavy (non-hydrogen) atoms. The summed E-state index contributed by atoms with van der Waals surface area (Å²) in [4.78, 5) is 33.4. The molecule has 1 unspecified atom stereocenters. The summed E-state index contributed by atoms with van der Waals surface area (Å²) in [5, 5.41) is 2.93. The standard InChI is InChI=1S/C12H12N4O2S/c17-9(14-7-3-4-7)6-16-11(18)8-2-1-5-13-10(8)15-12(16)19/h1-2,5,7-8H,3-4,6H2,(H,14,17). The van der Waals surface area contributed by atoms with Crippen LogP contribution in [0.2, 0.25) is 0 Å². The summed E-state index contributed by atoms with van der Waals surface area (Å²) in [7, 11) is 0. The van der Waals surface area contributed by atoms with E-state index >= 15 is 0 Å². The minimum atomic E-state index is -0.523. The lowest BCUT2D eigenvalue weighted by atomic mass is 10.0. The van der Waals surface area contributed by atoms with E-state index in [2.05, 4.69) is 15.3 Å². The molecule has 1 fully saturated rings. The van der Waals surface area contributed by atoms with Crippen molar-refractivity contribution < 1.29 is 9.59 Å². The Morgan fingerprint density at radius 2 is 2.32 bits per heavy atom. The number of amides is 2. The van der Waals surface area contributed by atoms with Crippen LogP contribution in [0.3, 0.4) is 0 Å². The zero-order valence-corrected chi connectivity index (χ0v) is 10.9. The van der Waals surface area contributed by atoms with Crippen molar-refractivity contribution in [2.45, 2.75) is 18.9 Å². The van der Waals surface area contributed by atoms with Gasteiger partial charge in [0.2, 0.25) is 16.9 Å². The molecule has 0 aromatic heterocycles. The van der Waals surface area contributed by atoms with Gasteiger partial charge in [-0.3, -0.25) is 14.5 Å². The second-order valence-corrected chi connectivity index (χ2v) is 5.02. The Labute approximate surface area is 115 Å². The fraction of sp³-hybridized carbons (Fsp3) is 0.417. The second-order valence-electron chi connectivity index (χ2n) is 4.66. The Morgan fingerprint density at radius 1 is 1.53 bits per heavy atom. The minimum Gasteiger partial charge on any atom is -0.352 e. The molecule has 0 aromatic carbocycles. The first kappa shape index (κ1) is 12.2. The highest BCUT2D eigenvalue weighted by Gasteiger charge is 2.36. The van der Waals surface area contributed by atoms with Crippen LogP contribution in [-0.2, 0) is 9.59 Å².